The standard InChI is InChI=1S/C18H20FN3O2/c1-11-8-15(11)18(23)22-7-3-5-13(10-22)17-20-16(21-24-17)12-4-2-6-14(19)9-12/h2,4,6,9,11,13,15H,3,5,7-8,10H2,1H3/t11-,13-,15-/m1/s1. The molecule has 5 nitrogen and oxygen atoms in total. The van der Waals surface area contributed by atoms with Crippen LogP contribution in [0.5, 0.6) is 0 Å². The molecule has 1 saturated carbocycles. The molecule has 0 unspecified atom stereocenters. The second kappa shape index (κ2) is 6.00. The molecule has 0 radical (unpaired) electrons. The Hall–Kier alpha value is -2.24. The summed E-state index contributed by atoms with van der Waals surface area (Å²) in [5, 5.41) is 3.98. The number of benzene rings is 1. The smallest absolute Gasteiger partial charge is 0.231 e. The van der Waals surface area contributed by atoms with Gasteiger partial charge in [-0.1, -0.05) is 24.2 Å². The van der Waals surface area contributed by atoms with Crippen LogP contribution in [0.25, 0.3) is 11.4 Å². The van der Waals surface area contributed by atoms with Crippen LogP contribution < -0.4 is 0 Å². The number of hydrogen-bond donors (Lipinski definition) is 0. The van der Waals surface area contributed by atoms with Crippen LogP contribution >= 0.6 is 0 Å². The van der Waals surface area contributed by atoms with Crippen LogP contribution in [0.2, 0.25) is 0 Å². The molecule has 1 saturated heterocycles. The number of rotatable bonds is 3. The topological polar surface area (TPSA) is 59.2 Å². The van der Waals surface area contributed by atoms with E-state index in [2.05, 4.69) is 17.1 Å². The van der Waals surface area contributed by atoms with E-state index in [1.165, 1.54) is 12.1 Å². The van der Waals surface area contributed by atoms with Gasteiger partial charge in [0.25, 0.3) is 0 Å². The van der Waals surface area contributed by atoms with Crippen LogP contribution in [0, 0.1) is 17.7 Å². The Kier molecular flexibility index (Phi) is 3.82. The Morgan fingerprint density at radius 3 is 3.00 bits per heavy atom. The minimum Gasteiger partial charge on any atom is -0.342 e. The van der Waals surface area contributed by atoms with Crippen molar-refractivity contribution < 1.29 is 13.7 Å². The van der Waals surface area contributed by atoms with Gasteiger partial charge < -0.3 is 9.42 Å². The van der Waals surface area contributed by atoms with Crippen LogP contribution in [0.1, 0.15) is 38.0 Å². The van der Waals surface area contributed by atoms with E-state index in [-0.39, 0.29) is 23.6 Å². The van der Waals surface area contributed by atoms with E-state index < -0.39 is 0 Å². The van der Waals surface area contributed by atoms with Gasteiger partial charge >= 0.3 is 0 Å². The summed E-state index contributed by atoms with van der Waals surface area (Å²) < 4.78 is 18.7. The van der Waals surface area contributed by atoms with Crippen molar-refractivity contribution in [3.8, 4) is 11.4 Å². The third kappa shape index (κ3) is 2.92. The van der Waals surface area contributed by atoms with Gasteiger partial charge in [0.15, 0.2) is 0 Å². The zero-order chi connectivity index (χ0) is 16.7. The first-order valence-electron chi connectivity index (χ1n) is 8.50. The molecule has 2 aromatic rings. The van der Waals surface area contributed by atoms with Crippen molar-refractivity contribution in [1.29, 1.82) is 0 Å². The van der Waals surface area contributed by atoms with Gasteiger partial charge in [-0.2, -0.15) is 4.98 Å². The summed E-state index contributed by atoms with van der Waals surface area (Å²) in [6.07, 6.45) is 2.87. The lowest BCUT2D eigenvalue weighted by molar-refractivity contribution is -0.134. The maximum absolute atomic E-state index is 13.3. The number of nitrogens with zero attached hydrogens (tertiary/aromatic N) is 3. The highest BCUT2D eigenvalue weighted by atomic mass is 19.1. The fourth-order valence-corrected chi connectivity index (χ4v) is 3.43. The predicted molar refractivity (Wildman–Crippen MR) is 85.5 cm³/mol. The second-order valence-corrected chi connectivity index (χ2v) is 6.91. The summed E-state index contributed by atoms with van der Waals surface area (Å²) in [5.74, 6) is 1.64. The molecule has 1 aromatic heterocycles. The Balaban J connectivity index is 1.48. The molecule has 24 heavy (non-hydrogen) atoms. The molecule has 4 rings (SSSR count). The first-order valence-corrected chi connectivity index (χ1v) is 8.50. The third-order valence-corrected chi connectivity index (χ3v) is 5.03. The number of amides is 1. The zero-order valence-corrected chi connectivity index (χ0v) is 13.6. The highest BCUT2D eigenvalue weighted by Gasteiger charge is 2.42. The predicted octanol–water partition coefficient (Wildman–Crippen LogP) is 3.24. The van der Waals surface area contributed by atoms with Gasteiger partial charge in [-0.05, 0) is 37.3 Å². The van der Waals surface area contributed by atoms with Crippen molar-refractivity contribution in [3.05, 3.63) is 36.0 Å². The minimum atomic E-state index is -0.327. The summed E-state index contributed by atoms with van der Waals surface area (Å²) >= 11 is 0. The molecule has 2 aliphatic rings. The van der Waals surface area contributed by atoms with Gasteiger partial charge in [0, 0.05) is 24.6 Å². The van der Waals surface area contributed by atoms with Crippen LogP contribution in [-0.4, -0.2) is 34.0 Å². The maximum Gasteiger partial charge on any atom is 0.231 e. The number of likely N-dealkylation sites (tertiary alicyclic amines) is 1. The van der Waals surface area contributed by atoms with Gasteiger partial charge in [-0.3, -0.25) is 4.79 Å². The van der Waals surface area contributed by atoms with Crippen molar-refractivity contribution >= 4 is 5.91 Å². The van der Waals surface area contributed by atoms with E-state index in [4.69, 9.17) is 4.52 Å². The molecular weight excluding hydrogens is 309 g/mol. The second-order valence-electron chi connectivity index (χ2n) is 6.91. The number of piperidine rings is 1. The minimum absolute atomic E-state index is 0.0616. The molecule has 6 heteroatoms. The lowest BCUT2D eigenvalue weighted by Crippen LogP contribution is -2.40. The quantitative estimate of drug-likeness (QED) is 0.867. The van der Waals surface area contributed by atoms with E-state index in [0.717, 1.165) is 25.8 Å². The van der Waals surface area contributed by atoms with Crippen molar-refractivity contribution in [2.45, 2.75) is 32.1 Å². The van der Waals surface area contributed by atoms with Gasteiger partial charge in [0.1, 0.15) is 5.82 Å². The Labute approximate surface area is 139 Å². The normalized spacial score (nSPS) is 26.4. The van der Waals surface area contributed by atoms with Gasteiger partial charge in [-0.15, -0.1) is 0 Å². The number of carbonyl (C=O) groups is 1. The lowest BCUT2D eigenvalue weighted by atomic mass is 9.97. The summed E-state index contributed by atoms with van der Waals surface area (Å²) in [7, 11) is 0. The molecule has 0 N–H and O–H groups in total. The van der Waals surface area contributed by atoms with Crippen molar-refractivity contribution in [1.82, 2.24) is 15.0 Å². The van der Waals surface area contributed by atoms with Gasteiger partial charge in [-0.25, -0.2) is 4.39 Å². The number of carbonyl (C=O) groups excluding carboxylic acids is 1. The lowest BCUT2D eigenvalue weighted by Gasteiger charge is -2.31. The largest absolute Gasteiger partial charge is 0.342 e. The molecule has 0 spiro atoms. The third-order valence-electron chi connectivity index (χ3n) is 5.03. The fraction of sp³-hybridized carbons (Fsp3) is 0.500. The Morgan fingerprint density at radius 1 is 1.42 bits per heavy atom. The average Bonchev–Trinajstić information content (AvgIpc) is 3.12. The molecule has 1 aliphatic carbocycles. The monoisotopic (exact) mass is 329 g/mol. The summed E-state index contributed by atoms with van der Waals surface area (Å²) in [6, 6.07) is 6.15. The average molecular weight is 329 g/mol. The van der Waals surface area contributed by atoms with Crippen LogP contribution in [0.3, 0.4) is 0 Å². The van der Waals surface area contributed by atoms with E-state index in [0.29, 0.717) is 29.7 Å². The first-order chi connectivity index (χ1) is 11.6. The number of halogens is 1. The van der Waals surface area contributed by atoms with E-state index >= 15 is 0 Å². The molecular formula is C18H20FN3O2. The van der Waals surface area contributed by atoms with Crippen molar-refractivity contribution in [3.63, 3.8) is 0 Å². The molecule has 1 aromatic carbocycles. The maximum atomic E-state index is 13.3. The highest BCUT2D eigenvalue weighted by Crippen LogP contribution is 2.40. The summed E-state index contributed by atoms with van der Waals surface area (Å²) in [6.45, 7) is 3.56. The molecule has 2 fully saturated rings. The van der Waals surface area contributed by atoms with Crippen molar-refractivity contribution in [2.24, 2.45) is 11.8 Å². The fourth-order valence-electron chi connectivity index (χ4n) is 3.43. The molecule has 0 bridgehead atoms. The molecule has 3 atom stereocenters. The molecule has 2 heterocycles. The molecule has 126 valence electrons. The summed E-state index contributed by atoms with van der Waals surface area (Å²) in [4.78, 5) is 18.8. The molecule has 1 amide bonds. The van der Waals surface area contributed by atoms with Crippen molar-refractivity contribution in [2.75, 3.05) is 13.1 Å². The van der Waals surface area contributed by atoms with Crippen LogP contribution in [0.4, 0.5) is 4.39 Å². The van der Waals surface area contributed by atoms with Gasteiger partial charge in [0.2, 0.25) is 17.6 Å². The van der Waals surface area contributed by atoms with E-state index in [9.17, 15) is 9.18 Å². The Morgan fingerprint density at radius 2 is 2.25 bits per heavy atom. The number of aromatic nitrogens is 2. The van der Waals surface area contributed by atoms with E-state index in [1.54, 1.807) is 12.1 Å². The Bertz CT molecular complexity index is 760. The summed E-state index contributed by atoms with van der Waals surface area (Å²) in [5.41, 5.74) is 0.598. The SMILES string of the molecule is C[C@@H]1C[C@H]1C(=O)N1CCC[C@@H](c2nc(-c3cccc(F)c3)no2)C1. The molecule has 1 aliphatic heterocycles. The van der Waals surface area contributed by atoms with Crippen LogP contribution in [-0.2, 0) is 4.79 Å². The van der Waals surface area contributed by atoms with Gasteiger partial charge in [0.05, 0.1) is 5.92 Å². The van der Waals surface area contributed by atoms with Crippen LogP contribution in [0.15, 0.2) is 28.8 Å². The number of hydrogen-bond acceptors (Lipinski definition) is 4. The zero-order valence-electron chi connectivity index (χ0n) is 13.6. The van der Waals surface area contributed by atoms with E-state index in [1.807, 2.05) is 4.90 Å². The highest BCUT2D eigenvalue weighted by molar-refractivity contribution is 5.81. The first kappa shape index (κ1) is 15.3.